The summed E-state index contributed by atoms with van der Waals surface area (Å²) in [4.78, 5) is 0. The molecule has 0 aliphatic rings. The molecule has 0 fully saturated rings. The third-order valence-corrected chi connectivity index (χ3v) is 1.53. The van der Waals surface area contributed by atoms with Crippen molar-refractivity contribution in [1.82, 2.24) is 9.78 Å². The SMILES string of the molecule is O/N=C(/Cl)c1ccn(CC(F)F)n1. The molecule has 0 spiro atoms. The van der Waals surface area contributed by atoms with Crippen LogP contribution in [0, 0.1) is 0 Å². The summed E-state index contributed by atoms with van der Waals surface area (Å²) in [6.07, 6.45) is -1.15. The summed E-state index contributed by atoms with van der Waals surface area (Å²) < 4.78 is 24.7. The summed E-state index contributed by atoms with van der Waals surface area (Å²) in [6, 6.07) is 1.38. The minimum absolute atomic E-state index is 0.157. The Morgan fingerprint density at radius 2 is 2.46 bits per heavy atom. The molecule has 1 rings (SSSR count). The van der Waals surface area contributed by atoms with Gasteiger partial charge in [-0.1, -0.05) is 16.8 Å². The van der Waals surface area contributed by atoms with E-state index < -0.39 is 13.0 Å². The molecule has 7 heteroatoms. The molecule has 1 heterocycles. The van der Waals surface area contributed by atoms with Gasteiger partial charge in [0.15, 0.2) is 5.17 Å². The number of hydrogen-bond donors (Lipinski definition) is 1. The third kappa shape index (κ3) is 2.66. The zero-order valence-corrected chi connectivity index (χ0v) is 7.12. The van der Waals surface area contributed by atoms with Crippen molar-refractivity contribution in [3.05, 3.63) is 18.0 Å². The summed E-state index contributed by atoms with van der Waals surface area (Å²) >= 11 is 5.38. The standard InChI is InChI=1S/C6H6ClF2N3O/c7-6(11-13)4-1-2-12(10-4)3-5(8)9/h1-2,5,13H,3H2/b11-6+. The third-order valence-electron chi connectivity index (χ3n) is 1.26. The van der Waals surface area contributed by atoms with Crippen molar-refractivity contribution >= 4 is 16.8 Å². The molecular weight excluding hydrogens is 204 g/mol. The van der Waals surface area contributed by atoms with Gasteiger partial charge in [0, 0.05) is 6.20 Å². The Labute approximate surface area is 77.4 Å². The zero-order valence-electron chi connectivity index (χ0n) is 6.36. The average molecular weight is 210 g/mol. The lowest BCUT2D eigenvalue weighted by Gasteiger charge is -1.97. The minimum Gasteiger partial charge on any atom is -0.410 e. The van der Waals surface area contributed by atoms with Crippen molar-refractivity contribution in [1.29, 1.82) is 0 Å². The Bertz CT molecular complexity index is 313. The van der Waals surface area contributed by atoms with Crippen LogP contribution in [0.3, 0.4) is 0 Å². The fraction of sp³-hybridized carbons (Fsp3) is 0.333. The Morgan fingerprint density at radius 3 is 3.00 bits per heavy atom. The molecule has 1 aromatic heterocycles. The highest BCUT2D eigenvalue weighted by Gasteiger charge is 2.08. The van der Waals surface area contributed by atoms with E-state index >= 15 is 0 Å². The molecule has 1 aromatic rings. The van der Waals surface area contributed by atoms with Gasteiger partial charge in [-0.25, -0.2) is 8.78 Å². The first-order valence-electron chi connectivity index (χ1n) is 3.33. The van der Waals surface area contributed by atoms with Gasteiger partial charge in [0.05, 0.1) is 0 Å². The molecular formula is C6H6ClF2N3O. The summed E-state index contributed by atoms with van der Waals surface area (Å²) in [6.45, 7) is -0.504. The van der Waals surface area contributed by atoms with Gasteiger partial charge in [0.2, 0.25) is 0 Å². The monoisotopic (exact) mass is 209 g/mol. The maximum absolute atomic E-state index is 11.8. The van der Waals surface area contributed by atoms with Gasteiger partial charge in [-0.15, -0.1) is 0 Å². The van der Waals surface area contributed by atoms with E-state index in [0.29, 0.717) is 0 Å². The van der Waals surface area contributed by atoms with Crippen LogP contribution in [0.1, 0.15) is 5.69 Å². The lowest BCUT2D eigenvalue weighted by molar-refractivity contribution is 0.122. The second-order valence-corrected chi connectivity index (χ2v) is 2.56. The molecule has 0 aromatic carbocycles. The lowest BCUT2D eigenvalue weighted by atomic mass is 10.5. The summed E-state index contributed by atoms with van der Waals surface area (Å²) in [5, 5.41) is 14.3. The van der Waals surface area contributed by atoms with Crippen LogP contribution < -0.4 is 0 Å². The van der Waals surface area contributed by atoms with E-state index in [1.165, 1.54) is 12.3 Å². The predicted molar refractivity (Wildman–Crippen MR) is 42.4 cm³/mol. The molecule has 0 atom stereocenters. The number of oxime groups is 1. The molecule has 0 saturated carbocycles. The zero-order chi connectivity index (χ0) is 9.84. The molecule has 0 unspecified atom stereocenters. The largest absolute Gasteiger partial charge is 0.410 e. The number of nitrogens with zero attached hydrogens (tertiary/aromatic N) is 3. The van der Waals surface area contributed by atoms with E-state index in [-0.39, 0.29) is 10.9 Å². The quantitative estimate of drug-likeness (QED) is 0.466. The van der Waals surface area contributed by atoms with Crippen molar-refractivity contribution in [3.63, 3.8) is 0 Å². The predicted octanol–water partition coefficient (Wildman–Crippen LogP) is 1.52. The van der Waals surface area contributed by atoms with Crippen LogP contribution in [0.25, 0.3) is 0 Å². The number of aromatic nitrogens is 2. The highest BCUT2D eigenvalue weighted by atomic mass is 35.5. The fourth-order valence-corrected chi connectivity index (χ4v) is 0.867. The second-order valence-electron chi connectivity index (χ2n) is 2.20. The first-order chi connectivity index (χ1) is 6.13. The van der Waals surface area contributed by atoms with Crippen LogP contribution in [0.4, 0.5) is 8.78 Å². The van der Waals surface area contributed by atoms with Gasteiger partial charge in [0.25, 0.3) is 6.43 Å². The molecule has 4 nitrogen and oxygen atoms in total. The van der Waals surface area contributed by atoms with E-state index in [4.69, 9.17) is 16.8 Å². The van der Waals surface area contributed by atoms with Crippen molar-refractivity contribution in [2.24, 2.45) is 5.16 Å². The van der Waals surface area contributed by atoms with E-state index in [1.807, 2.05) is 0 Å². The van der Waals surface area contributed by atoms with Gasteiger partial charge in [-0.2, -0.15) is 5.10 Å². The van der Waals surface area contributed by atoms with E-state index in [9.17, 15) is 8.78 Å². The van der Waals surface area contributed by atoms with Crippen molar-refractivity contribution in [2.75, 3.05) is 0 Å². The van der Waals surface area contributed by atoms with Crippen LogP contribution in [-0.4, -0.2) is 26.6 Å². The average Bonchev–Trinajstić information content (AvgIpc) is 2.50. The van der Waals surface area contributed by atoms with Gasteiger partial charge in [-0.05, 0) is 6.07 Å². The molecule has 0 radical (unpaired) electrons. The molecule has 72 valence electrons. The van der Waals surface area contributed by atoms with Gasteiger partial charge in [0.1, 0.15) is 12.2 Å². The first kappa shape index (κ1) is 9.91. The van der Waals surface area contributed by atoms with Crippen LogP contribution >= 0.6 is 11.6 Å². The normalized spacial score (nSPS) is 12.5. The fourth-order valence-electron chi connectivity index (χ4n) is 0.766. The molecule has 0 bridgehead atoms. The van der Waals surface area contributed by atoms with Gasteiger partial charge >= 0.3 is 0 Å². The number of rotatable bonds is 3. The second kappa shape index (κ2) is 4.18. The van der Waals surface area contributed by atoms with Crippen LogP contribution in [0.5, 0.6) is 0 Å². The van der Waals surface area contributed by atoms with E-state index in [1.54, 1.807) is 0 Å². The maximum atomic E-state index is 11.8. The van der Waals surface area contributed by atoms with Crippen LogP contribution in [-0.2, 0) is 6.54 Å². The number of alkyl halides is 2. The van der Waals surface area contributed by atoms with Crippen molar-refractivity contribution in [3.8, 4) is 0 Å². The highest BCUT2D eigenvalue weighted by molar-refractivity contribution is 6.69. The molecule has 0 amide bonds. The smallest absolute Gasteiger partial charge is 0.257 e. The van der Waals surface area contributed by atoms with Gasteiger partial charge < -0.3 is 5.21 Å². The maximum Gasteiger partial charge on any atom is 0.257 e. The molecule has 0 aliphatic carbocycles. The Kier molecular flexibility index (Phi) is 3.18. The number of halogens is 3. The lowest BCUT2D eigenvalue weighted by Crippen LogP contribution is -2.07. The number of hydrogen-bond acceptors (Lipinski definition) is 3. The molecule has 13 heavy (non-hydrogen) atoms. The van der Waals surface area contributed by atoms with Crippen LogP contribution in [0.2, 0.25) is 0 Å². The van der Waals surface area contributed by atoms with Crippen LogP contribution in [0.15, 0.2) is 17.4 Å². The summed E-state index contributed by atoms with van der Waals surface area (Å²) in [5.41, 5.74) is 0.157. The summed E-state index contributed by atoms with van der Waals surface area (Å²) in [5.74, 6) is 0. The van der Waals surface area contributed by atoms with Crippen molar-refractivity contribution < 1.29 is 14.0 Å². The molecule has 1 N–H and O–H groups in total. The Hall–Kier alpha value is -1.17. The van der Waals surface area contributed by atoms with E-state index in [2.05, 4.69) is 10.3 Å². The Morgan fingerprint density at radius 1 is 1.77 bits per heavy atom. The minimum atomic E-state index is -2.47. The van der Waals surface area contributed by atoms with E-state index in [0.717, 1.165) is 4.68 Å². The molecule has 0 aliphatic heterocycles. The highest BCUT2D eigenvalue weighted by Crippen LogP contribution is 2.03. The Balaban J connectivity index is 2.75. The topological polar surface area (TPSA) is 50.4 Å². The first-order valence-corrected chi connectivity index (χ1v) is 3.71. The van der Waals surface area contributed by atoms with Crippen molar-refractivity contribution in [2.45, 2.75) is 13.0 Å². The van der Waals surface area contributed by atoms with Gasteiger partial charge in [-0.3, -0.25) is 4.68 Å². The molecule has 0 saturated heterocycles. The summed E-state index contributed by atoms with van der Waals surface area (Å²) in [7, 11) is 0.